The summed E-state index contributed by atoms with van der Waals surface area (Å²) < 4.78 is 1.50. The predicted octanol–water partition coefficient (Wildman–Crippen LogP) is 1.62. The molecule has 126 valence electrons. The van der Waals surface area contributed by atoms with Crippen LogP contribution < -0.4 is 0 Å². The summed E-state index contributed by atoms with van der Waals surface area (Å²) in [7, 11) is 0. The van der Waals surface area contributed by atoms with Crippen molar-refractivity contribution < 1.29 is 14.8 Å². The quantitative estimate of drug-likeness (QED) is 0.681. The average molecular weight is 330 g/mol. The highest BCUT2D eigenvalue weighted by Crippen LogP contribution is 2.20. The van der Waals surface area contributed by atoms with Crippen LogP contribution in [0.5, 0.6) is 0 Å². The first-order valence-electron chi connectivity index (χ1n) is 7.72. The van der Waals surface area contributed by atoms with Crippen LogP contribution in [-0.2, 0) is 0 Å². The lowest BCUT2D eigenvalue weighted by molar-refractivity contribution is -0.384. The summed E-state index contributed by atoms with van der Waals surface area (Å²) in [6.45, 7) is 2.90. The van der Waals surface area contributed by atoms with E-state index in [2.05, 4.69) is 5.10 Å². The fourth-order valence-electron chi connectivity index (χ4n) is 2.72. The predicted molar refractivity (Wildman–Crippen MR) is 85.9 cm³/mol. The van der Waals surface area contributed by atoms with E-state index < -0.39 is 11.0 Å². The van der Waals surface area contributed by atoms with E-state index in [0.717, 1.165) is 6.42 Å². The van der Waals surface area contributed by atoms with Gasteiger partial charge in [-0.2, -0.15) is 5.10 Å². The Morgan fingerprint density at radius 3 is 2.71 bits per heavy atom. The summed E-state index contributed by atoms with van der Waals surface area (Å²) in [6, 6.07) is 5.93. The number of hydrogen-bond donors (Lipinski definition) is 1. The number of carbonyl (C=O) groups excluding carboxylic acids is 1. The second-order valence-corrected chi connectivity index (χ2v) is 6.03. The van der Waals surface area contributed by atoms with E-state index >= 15 is 0 Å². The molecule has 1 aliphatic rings. The molecule has 2 atom stereocenters. The highest BCUT2D eigenvalue weighted by Gasteiger charge is 2.28. The molecule has 1 aromatic carbocycles. The zero-order valence-electron chi connectivity index (χ0n) is 13.2. The number of nitro benzene ring substituents is 1. The Bertz CT molecular complexity index is 756. The van der Waals surface area contributed by atoms with Gasteiger partial charge in [0.1, 0.15) is 0 Å². The molecular weight excluding hydrogens is 312 g/mol. The number of carbonyl (C=O) groups is 1. The van der Waals surface area contributed by atoms with Gasteiger partial charge in [-0.1, -0.05) is 6.92 Å². The third-order valence-electron chi connectivity index (χ3n) is 4.36. The van der Waals surface area contributed by atoms with Crippen LogP contribution in [0.4, 0.5) is 5.69 Å². The van der Waals surface area contributed by atoms with Crippen molar-refractivity contribution in [2.45, 2.75) is 19.4 Å². The minimum absolute atomic E-state index is 0.00127. The van der Waals surface area contributed by atoms with Crippen LogP contribution in [-0.4, -0.2) is 49.8 Å². The molecule has 1 fully saturated rings. The number of aliphatic hydroxyl groups is 1. The first-order valence-corrected chi connectivity index (χ1v) is 7.72. The molecule has 2 heterocycles. The number of likely N-dealkylation sites (tertiary alicyclic amines) is 1. The van der Waals surface area contributed by atoms with Gasteiger partial charge in [-0.3, -0.25) is 14.9 Å². The molecule has 0 bridgehead atoms. The van der Waals surface area contributed by atoms with Crippen molar-refractivity contribution in [1.82, 2.24) is 14.7 Å². The van der Waals surface area contributed by atoms with Crippen molar-refractivity contribution in [2.24, 2.45) is 5.92 Å². The number of non-ortho nitro benzene ring substituents is 1. The molecule has 0 radical (unpaired) electrons. The number of aliphatic hydroxyl groups excluding tert-OH is 1. The smallest absolute Gasteiger partial charge is 0.269 e. The van der Waals surface area contributed by atoms with Crippen LogP contribution in [0.2, 0.25) is 0 Å². The molecule has 3 rings (SSSR count). The molecular formula is C16H18N4O4. The molecule has 2 aromatic rings. The highest BCUT2D eigenvalue weighted by atomic mass is 16.6. The number of benzene rings is 1. The van der Waals surface area contributed by atoms with Crippen molar-refractivity contribution in [3.63, 3.8) is 0 Å². The van der Waals surface area contributed by atoms with E-state index in [-0.39, 0.29) is 17.5 Å². The zero-order chi connectivity index (χ0) is 17.3. The Labute approximate surface area is 138 Å². The van der Waals surface area contributed by atoms with Gasteiger partial charge >= 0.3 is 0 Å². The number of aromatic nitrogens is 2. The molecule has 1 saturated heterocycles. The van der Waals surface area contributed by atoms with E-state index in [0.29, 0.717) is 24.3 Å². The van der Waals surface area contributed by atoms with Crippen LogP contribution in [0, 0.1) is 16.0 Å². The first kappa shape index (κ1) is 16.1. The minimum atomic E-state index is -0.507. The second kappa shape index (κ2) is 6.40. The molecule has 2 unspecified atom stereocenters. The monoisotopic (exact) mass is 330 g/mol. The Kier molecular flexibility index (Phi) is 4.30. The standard InChI is InChI=1S/C16H18N4O4/c1-11-6-7-18(10-15(11)21)16(22)12-8-17-19(9-12)13-2-4-14(5-3-13)20(23)24/h2-5,8-9,11,15,21H,6-7,10H2,1H3. The molecule has 0 aliphatic carbocycles. The third kappa shape index (κ3) is 3.13. The lowest BCUT2D eigenvalue weighted by Crippen LogP contribution is -2.45. The zero-order valence-corrected chi connectivity index (χ0v) is 13.2. The van der Waals surface area contributed by atoms with Crippen LogP contribution in [0.3, 0.4) is 0 Å². The first-order chi connectivity index (χ1) is 11.5. The molecule has 24 heavy (non-hydrogen) atoms. The maximum Gasteiger partial charge on any atom is 0.269 e. The average Bonchev–Trinajstić information content (AvgIpc) is 3.07. The van der Waals surface area contributed by atoms with Gasteiger partial charge in [0.15, 0.2) is 0 Å². The minimum Gasteiger partial charge on any atom is -0.391 e. The highest BCUT2D eigenvalue weighted by molar-refractivity contribution is 5.93. The fourth-order valence-corrected chi connectivity index (χ4v) is 2.72. The number of β-amino-alcohol motifs (C(OH)–C–C–N with tert-alkyl or cyclic N) is 1. The van der Waals surface area contributed by atoms with Crippen molar-refractivity contribution in [1.29, 1.82) is 0 Å². The summed E-state index contributed by atoms with van der Waals surface area (Å²) in [4.78, 5) is 24.4. The van der Waals surface area contributed by atoms with E-state index in [1.54, 1.807) is 23.2 Å². The summed E-state index contributed by atoms with van der Waals surface area (Å²) in [6.07, 6.45) is 3.32. The van der Waals surface area contributed by atoms with Crippen LogP contribution >= 0.6 is 0 Å². The van der Waals surface area contributed by atoms with Crippen LogP contribution in [0.15, 0.2) is 36.7 Å². The fraction of sp³-hybridized carbons (Fsp3) is 0.375. The van der Waals surface area contributed by atoms with Gasteiger partial charge in [-0.15, -0.1) is 0 Å². The molecule has 0 spiro atoms. The van der Waals surface area contributed by atoms with Gasteiger partial charge in [-0.25, -0.2) is 4.68 Å². The maximum atomic E-state index is 12.5. The number of nitrogens with zero attached hydrogens (tertiary/aromatic N) is 4. The number of hydrogen-bond acceptors (Lipinski definition) is 5. The van der Waals surface area contributed by atoms with E-state index in [1.807, 2.05) is 6.92 Å². The number of piperidine rings is 1. The molecule has 8 heteroatoms. The second-order valence-electron chi connectivity index (χ2n) is 6.03. The van der Waals surface area contributed by atoms with Crippen molar-refractivity contribution >= 4 is 11.6 Å². The lowest BCUT2D eigenvalue weighted by atomic mass is 9.96. The van der Waals surface area contributed by atoms with Crippen LogP contribution in [0.1, 0.15) is 23.7 Å². The maximum absolute atomic E-state index is 12.5. The van der Waals surface area contributed by atoms with Crippen molar-refractivity contribution in [3.05, 3.63) is 52.3 Å². The molecule has 0 saturated carbocycles. The third-order valence-corrected chi connectivity index (χ3v) is 4.36. The molecule has 8 nitrogen and oxygen atoms in total. The summed E-state index contributed by atoms with van der Waals surface area (Å²) in [5.41, 5.74) is 1.06. The van der Waals surface area contributed by atoms with E-state index in [4.69, 9.17) is 0 Å². The summed E-state index contributed by atoms with van der Waals surface area (Å²) in [5, 5.41) is 24.8. The van der Waals surface area contributed by atoms with Crippen molar-refractivity contribution in [3.8, 4) is 5.69 Å². The Morgan fingerprint density at radius 2 is 2.08 bits per heavy atom. The van der Waals surface area contributed by atoms with E-state index in [1.165, 1.54) is 23.0 Å². The lowest BCUT2D eigenvalue weighted by Gasteiger charge is -2.34. The number of amides is 1. The summed E-state index contributed by atoms with van der Waals surface area (Å²) in [5.74, 6) is 0.0194. The molecule has 1 aromatic heterocycles. The molecule has 1 N–H and O–H groups in total. The van der Waals surface area contributed by atoms with Gasteiger partial charge in [0, 0.05) is 31.4 Å². The summed E-state index contributed by atoms with van der Waals surface area (Å²) >= 11 is 0. The topological polar surface area (TPSA) is 102 Å². The molecule has 1 amide bonds. The Morgan fingerprint density at radius 1 is 1.38 bits per heavy atom. The number of nitro groups is 1. The largest absolute Gasteiger partial charge is 0.391 e. The van der Waals surface area contributed by atoms with Crippen molar-refractivity contribution in [2.75, 3.05) is 13.1 Å². The van der Waals surface area contributed by atoms with Gasteiger partial charge in [0.05, 0.1) is 28.5 Å². The SMILES string of the molecule is CC1CCN(C(=O)c2cnn(-c3ccc([N+](=O)[O-])cc3)c2)CC1O. The van der Waals surface area contributed by atoms with Gasteiger partial charge in [-0.05, 0) is 24.5 Å². The number of rotatable bonds is 3. The Hall–Kier alpha value is -2.74. The van der Waals surface area contributed by atoms with Gasteiger partial charge in [0.25, 0.3) is 11.6 Å². The normalized spacial score (nSPS) is 20.8. The Balaban J connectivity index is 1.75. The van der Waals surface area contributed by atoms with Gasteiger partial charge < -0.3 is 10.0 Å². The molecule has 1 aliphatic heterocycles. The van der Waals surface area contributed by atoms with E-state index in [9.17, 15) is 20.0 Å². The van der Waals surface area contributed by atoms with Gasteiger partial charge in [0.2, 0.25) is 0 Å². The van der Waals surface area contributed by atoms with Crippen LogP contribution in [0.25, 0.3) is 5.69 Å².